The molecule has 2 aromatic carbocycles. The Morgan fingerprint density at radius 2 is 1.96 bits per heavy atom. The molecule has 0 unspecified atom stereocenters. The molecule has 0 spiro atoms. The molecular weight excluding hydrogens is 372 g/mol. The number of hydrogen-bond acceptors (Lipinski definition) is 3. The molecule has 1 amide bonds. The normalized spacial score (nSPS) is 17.0. The number of piperazine rings is 1. The summed E-state index contributed by atoms with van der Waals surface area (Å²) in [6.07, 6.45) is 0. The lowest BCUT2D eigenvalue weighted by Gasteiger charge is -2.41. The number of hydrogen-bond donors (Lipinski definition) is 1. The monoisotopic (exact) mass is 394 g/mol. The Kier molecular flexibility index (Phi) is 5.09. The molecule has 0 bridgehead atoms. The molecule has 0 aliphatic carbocycles. The zero-order valence-electron chi connectivity index (χ0n) is 16.0. The van der Waals surface area contributed by atoms with Gasteiger partial charge in [0, 0.05) is 36.9 Å². The minimum atomic E-state index is -0.0263. The molecule has 1 saturated heterocycles. The van der Waals surface area contributed by atoms with Crippen LogP contribution in [0.2, 0.25) is 5.02 Å². The first-order chi connectivity index (χ1) is 13.5. The molecule has 1 fully saturated rings. The zero-order chi connectivity index (χ0) is 19.7. The van der Waals surface area contributed by atoms with Gasteiger partial charge in [-0.25, -0.2) is 0 Å². The number of carbonyl (C=O) groups is 1. The van der Waals surface area contributed by atoms with Crippen molar-refractivity contribution in [3.05, 3.63) is 70.9 Å². The number of nitrogens with one attached hydrogen (secondary N) is 1. The second-order valence-corrected chi connectivity index (χ2v) is 7.69. The van der Waals surface area contributed by atoms with Crippen molar-refractivity contribution >= 4 is 23.2 Å². The quantitative estimate of drug-likeness (QED) is 0.716. The highest BCUT2D eigenvalue weighted by molar-refractivity contribution is 6.33. The van der Waals surface area contributed by atoms with Gasteiger partial charge in [0.2, 0.25) is 0 Å². The molecule has 28 heavy (non-hydrogen) atoms. The second-order valence-electron chi connectivity index (χ2n) is 7.28. The third-order valence-electron chi connectivity index (χ3n) is 5.21. The van der Waals surface area contributed by atoms with E-state index in [2.05, 4.69) is 53.2 Å². The molecule has 6 heteroatoms. The van der Waals surface area contributed by atoms with Gasteiger partial charge in [-0.1, -0.05) is 41.9 Å². The van der Waals surface area contributed by atoms with Crippen molar-refractivity contribution in [1.29, 1.82) is 0 Å². The Morgan fingerprint density at radius 1 is 1.14 bits per heavy atom. The minimum Gasteiger partial charge on any atom is -0.365 e. The van der Waals surface area contributed by atoms with Crippen LogP contribution in [-0.2, 0) is 0 Å². The van der Waals surface area contributed by atoms with Gasteiger partial charge in [0.05, 0.1) is 10.7 Å². The number of carbonyl (C=O) groups excluding carboxylic acids is 1. The van der Waals surface area contributed by atoms with Crippen molar-refractivity contribution in [2.24, 2.45) is 0 Å². The van der Waals surface area contributed by atoms with Gasteiger partial charge in [0.1, 0.15) is 5.69 Å². The molecule has 2 heterocycles. The fraction of sp³-hybridized carbons (Fsp3) is 0.273. The first kappa shape index (κ1) is 18.6. The summed E-state index contributed by atoms with van der Waals surface area (Å²) >= 11 is 6.25. The van der Waals surface area contributed by atoms with Crippen LogP contribution in [0.25, 0.3) is 11.3 Å². The van der Waals surface area contributed by atoms with Crippen LogP contribution < -0.4 is 4.90 Å². The lowest BCUT2D eigenvalue weighted by molar-refractivity contribution is 0.0720. The number of amides is 1. The maximum Gasteiger partial charge on any atom is 0.272 e. The lowest BCUT2D eigenvalue weighted by Crippen LogP contribution is -2.53. The standard InChI is InChI=1S/C22H23ClN4O/c1-15-6-5-7-17(12-15)27-11-10-26(14-16(27)2)22(28)21-13-20(24-25-21)18-8-3-4-9-19(18)23/h3-9,12-13,16H,10-11,14H2,1-2H3,(H,24,25)/t16-/m1/s1. The molecule has 5 nitrogen and oxygen atoms in total. The number of halogens is 1. The van der Waals surface area contributed by atoms with Gasteiger partial charge in [-0.05, 0) is 43.7 Å². The molecule has 1 aliphatic heterocycles. The number of benzene rings is 2. The number of rotatable bonds is 3. The average Bonchev–Trinajstić information content (AvgIpc) is 3.17. The van der Waals surface area contributed by atoms with Crippen molar-refractivity contribution in [3.63, 3.8) is 0 Å². The topological polar surface area (TPSA) is 52.2 Å². The van der Waals surface area contributed by atoms with Gasteiger partial charge in [0.25, 0.3) is 5.91 Å². The number of aromatic amines is 1. The molecule has 4 rings (SSSR count). The molecule has 0 radical (unpaired) electrons. The van der Waals surface area contributed by atoms with Gasteiger partial charge in [0.15, 0.2) is 0 Å². The van der Waals surface area contributed by atoms with E-state index in [0.29, 0.717) is 29.5 Å². The predicted molar refractivity (Wildman–Crippen MR) is 113 cm³/mol. The number of anilines is 1. The van der Waals surface area contributed by atoms with Crippen LogP contribution in [0.4, 0.5) is 5.69 Å². The lowest BCUT2D eigenvalue weighted by atomic mass is 10.1. The summed E-state index contributed by atoms with van der Waals surface area (Å²) in [6.45, 7) is 6.42. The average molecular weight is 395 g/mol. The highest BCUT2D eigenvalue weighted by Crippen LogP contribution is 2.27. The van der Waals surface area contributed by atoms with Crippen LogP contribution in [0, 0.1) is 6.92 Å². The number of H-pyrrole nitrogens is 1. The van der Waals surface area contributed by atoms with Crippen molar-refractivity contribution in [3.8, 4) is 11.3 Å². The summed E-state index contributed by atoms with van der Waals surface area (Å²) in [5, 5.41) is 7.79. The van der Waals surface area contributed by atoms with E-state index in [0.717, 1.165) is 12.1 Å². The highest BCUT2D eigenvalue weighted by Gasteiger charge is 2.28. The predicted octanol–water partition coefficient (Wildman–Crippen LogP) is 4.39. The van der Waals surface area contributed by atoms with Crippen molar-refractivity contribution in [2.45, 2.75) is 19.9 Å². The van der Waals surface area contributed by atoms with Gasteiger partial charge in [-0.2, -0.15) is 5.10 Å². The van der Waals surface area contributed by atoms with Crippen LogP contribution >= 0.6 is 11.6 Å². The number of aromatic nitrogens is 2. The molecule has 3 aromatic rings. The van der Waals surface area contributed by atoms with Gasteiger partial charge < -0.3 is 9.80 Å². The maximum atomic E-state index is 13.0. The van der Waals surface area contributed by atoms with E-state index in [1.807, 2.05) is 29.2 Å². The molecule has 1 aliphatic rings. The van der Waals surface area contributed by atoms with E-state index in [1.54, 1.807) is 6.07 Å². The summed E-state index contributed by atoms with van der Waals surface area (Å²) in [6, 6.07) is 18.0. The molecule has 1 N–H and O–H groups in total. The summed E-state index contributed by atoms with van der Waals surface area (Å²) in [4.78, 5) is 17.2. The SMILES string of the molecule is Cc1cccc(N2CCN(C(=O)c3cc(-c4ccccc4Cl)n[nH]3)C[C@H]2C)c1. The van der Waals surface area contributed by atoms with Crippen molar-refractivity contribution in [1.82, 2.24) is 15.1 Å². The third kappa shape index (κ3) is 3.62. The molecule has 1 aromatic heterocycles. The van der Waals surface area contributed by atoms with E-state index >= 15 is 0 Å². The van der Waals surface area contributed by atoms with Gasteiger partial charge >= 0.3 is 0 Å². The maximum absolute atomic E-state index is 13.0. The minimum absolute atomic E-state index is 0.0263. The molecule has 1 atom stereocenters. The summed E-state index contributed by atoms with van der Waals surface area (Å²) in [5.41, 5.74) is 4.44. The van der Waals surface area contributed by atoms with Crippen LogP contribution in [0.3, 0.4) is 0 Å². The van der Waals surface area contributed by atoms with Crippen LogP contribution in [0.1, 0.15) is 23.0 Å². The molecular formula is C22H23ClN4O. The molecule has 144 valence electrons. The summed E-state index contributed by atoms with van der Waals surface area (Å²) in [7, 11) is 0. The Balaban J connectivity index is 1.48. The van der Waals surface area contributed by atoms with Crippen LogP contribution in [0.5, 0.6) is 0 Å². The Morgan fingerprint density at radius 3 is 2.71 bits per heavy atom. The second kappa shape index (κ2) is 7.68. The number of nitrogens with zero attached hydrogens (tertiary/aromatic N) is 3. The summed E-state index contributed by atoms with van der Waals surface area (Å²) in [5.74, 6) is -0.0263. The fourth-order valence-corrected chi connectivity index (χ4v) is 3.97. The first-order valence-corrected chi connectivity index (χ1v) is 9.83. The van der Waals surface area contributed by atoms with E-state index < -0.39 is 0 Å². The number of aryl methyl sites for hydroxylation is 1. The summed E-state index contributed by atoms with van der Waals surface area (Å²) < 4.78 is 0. The Labute approximate surface area is 169 Å². The van der Waals surface area contributed by atoms with E-state index in [9.17, 15) is 4.79 Å². The van der Waals surface area contributed by atoms with Crippen LogP contribution in [-0.4, -0.2) is 46.7 Å². The van der Waals surface area contributed by atoms with E-state index in [4.69, 9.17) is 11.6 Å². The van der Waals surface area contributed by atoms with E-state index in [1.165, 1.54) is 11.3 Å². The highest BCUT2D eigenvalue weighted by atomic mass is 35.5. The third-order valence-corrected chi connectivity index (χ3v) is 5.54. The smallest absolute Gasteiger partial charge is 0.272 e. The fourth-order valence-electron chi connectivity index (χ4n) is 3.74. The Hall–Kier alpha value is -2.79. The van der Waals surface area contributed by atoms with Gasteiger partial charge in [-0.15, -0.1) is 0 Å². The Bertz CT molecular complexity index is 999. The van der Waals surface area contributed by atoms with Crippen molar-refractivity contribution in [2.75, 3.05) is 24.5 Å². The molecule has 0 saturated carbocycles. The zero-order valence-corrected chi connectivity index (χ0v) is 16.8. The van der Waals surface area contributed by atoms with E-state index in [-0.39, 0.29) is 11.9 Å². The van der Waals surface area contributed by atoms with Crippen LogP contribution in [0.15, 0.2) is 54.6 Å². The largest absolute Gasteiger partial charge is 0.365 e. The van der Waals surface area contributed by atoms with Crippen molar-refractivity contribution < 1.29 is 4.79 Å². The first-order valence-electron chi connectivity index (χ1n) is 9.46. The van der Waals surface area contributed by atoms with Gasteiger partial charge in [-0.3, -0.25) is 9.89 Å².